The van der Waals surface area contributed by atoms with Gasteiger partial charge in [-0.3, -0.25) is 4.79 Å². The summed E-state index contributed by atoms with van der Waals surface area (Å²) in [7, 11) is 3.06. The third kappa shape index (κ3) is 4.46. The normalized spacial score (nSPS) is 14.0. The third-order valence-corrected chi connectivity index (χ3v) is 4.57. The minimum atomic E-state index is -0.705. The SMILES string of the molecule is COc1ccc(C=CC(=O)c2ccc(OC)c3c2OC(C)(C)C=C3)cc1NC(N)=O. The molecule has 1 aliphatic heterocycles. The Kier molecular flexibility index (Phi) is 5.82. The fourth-order valence-corrected chi connectivity index (χ4v) is 3.12. The molecule has 0 aliphatic carbocycles. The van der Waals surface area contributed by atoms with Crippen LogP contribution in [0.2, 0.25) is 0 Å². The average molecular weight is 408 g/mol. The molecule has 0 fully saturated rings. The van der Waals surface area contributed by atoms with Crippen LogP contribution in [0.5, 0.6) is 17.2 Å². The number of amides is 2. The summed E-state index contributed by atoms with van der Waals surface area (Å²) in [5.41, 5.74) is 6.93. The van der Waals surface area contributed by atoms with Gasteiger partial charge in [-0.05, 0) is 61.9 Å². The van der Waals surface area contributed by atoms with Gasteiger partial charge in [-0.1, -0.05) is 12.1 Å². The molecule has 2 aromatic rings. The largest absolute Gasteiger partial charge is 0.496 e. The van der Waals surface area contributed by atoms with E-state index in [1.165, 1.54) is 13.2 Å². The summed E-state index contributed by atoms with van der Waals surface area (Å²) in [5.74, 6) is 1.36. The molecule has 3 N–H and O–H groups in total. The van der Waals surface area contributed by atoms with E-state index in [-0.39, 0.29) is 5.78 Å². The number of ketones is 1. The van der Waals surface area contributed by atoms with Crippen molar-refractivity contribution < 1.29 is 23.8 Å². The summed E-state index contributed by atoms with van der Waals surface area (Å²) in [6, 6.07) is 7.84. The lowest BCUT2D eigenvalue weighted by Crippen LogP contribution is -2.28. The van der Waals surface area contributed by atoms with Crippen LogP contribution in [0.25, 0.3) is 12.2 Å². The van der Waals surface area contributed by atoms with E-state index in [0.717, 1.165) is 5.56 Å². The van der Waals surface area contributed by atoms with Crippen molar-refractivity contribution in [2.75, 3.05) is 19.5 Å². The van der Waals surface area contributed by atoms with E-state index in [2.05, 4.69) is 5.32 Å². The number of anilines is 1. The number of benzene rings is 2. The number of ether oxygens (including phenoxy) is 3. The fraction of sp³-hybridized carbons (Fsp3) is 0.217. The molecule has 0 saturated heterocycles. The number of fused-ring (bicyclic) bond motifs is 1. The Morgan fingerprint density at radius 2 is 1.80 bits per heavy atom. The molecule has 0 unspecified atom stereocenters. The number of methoxy groups -OCH3 is 2. The quantitative estimate of drug-likeness (QED) is 0.549. The maximum absolute atomic E-state index is 12.9. The number of hydrogen-bond acceptors (Lipinski definition) is 5. The van der Waals surface area contributed by atoms with E-state index in [1.54, 1.807) is 43.5 Å². The van der Waals surface area contributed by atoms with Crippen molar-refractivity contribution in [1.82, 2.24) is 0 Å². The third-order valence-electron chi connectivity index (χ3n) is 4.57. The maximum atomic E-state index is 12.9. The van der Waals surface area contributed by atoms with Crippen molar-refractivity contribution in [2.24, 2.45) is 5.73 Å². The van der Waals surface area contributed by atoms with Crippen LogP contribution in [0.3, 0.4) is 0 Å². The monoisotopic (exact) mass is 408 g/mol. The van der Waals surface area contributed by atoms with Gasteiger partial charge < -0.3 is 25.3 Å². The lowest BCUT2D eigenvalue weighted by Gasteiger charge is -2.29. The van der Waals surface area contributed by atoms with Gasteiger partial charge in [0.15, 0.2) is 5.78 Å². The second kappa shape index (κ2) is 8.32. The number of primary amides is 1. The number of nitrogens with one attached hydrogen (secondary N) is 1. The second-order valence-electron chi connectivity index (χ2n) is 7.24. The van der Waals surface area contributed by atoms with Crippen LogP contribution in [0.4, 0.5) is 10.5 Å². The molecular weight excluding hydrogens is 384 g/mol. The number of hydrogen-bond donors (Lipinski definition) is 2. The first-order valence-corrected chi connectivity index (χ1v) is 9.30. The Morgan fingerprint density at radius 3 is 2.47 bits per heavy atom. The van der Waals surface area contributed by atoms with Crippen LogP contribution in [0.15, 0.2) is 42.5 Å². The maximum Gasteiger partial charge on any atom is 0.316 e. The van der Waals surface area contributed by atoms with E-state index in [1.807, 2.05) is 26.0 Å². The lowest BCUT2D eigenvalue weighted by molar-refractivity contribution is 0.103. The molecule has 1 aliphatic rings. The van der Waals surface area contributed by atoms with Crippen LogP contribution in [0, 0.1) is 0 Å². The van der Waals surface area contributed by atoms with Gasteiger partial charge >= 0.3 is 6.03 Å². The van der Waals surface area contributed by atoms with Crippen LogP contribution < -0.4 is 25.3 Å². The van der Waals surface area contributed by atoms with E-state index >= 15 is 0 Å². The molecule has 0 radical (unpaired) electrons. The highest BCUT2D eigenvalue weighted by Crippen LogP contribution is 2.40. The summed E-state index contributed by atoms with van der Waals surface area (Å²) in [5, 5.41) is 2.50. The highest BCUT2D eigenvalue weighted by Gasteiger charge is 2.27. The van der Waals surface area contributed by atoms with Gasteiger partial charge in [0.05, 0.1) is 31.0 Å². The van der Waals surface area contributed by atoms with Crippen LogP contribution in [-0.2, 0) is 0 Å². The predicted octanol–water partition coefficient (Wildman–Crippen LogP) is 4.27. The van der Waals surface area contributed by atoms with Crippen LogP contribution >= 0.6 is 0 Å². The molecule has 2 aromatic carbocycles. The van der Waals surface area contributed by atoms with Gasteiger partial charge in [-0.15, -0.1) is 0 Å². The number of nitrogens with two attached hydrogens (primary N) is 1. The predicted molar refractivity (Wildman–Crippen MR) is 116 cm³/mol. The average Bonchev–Trinajstić information content (AvgIpc) is 2.70. The standard InChI is InChI=1S/C23H24N2O5/c1-23(2)12-11-16-19(28-3)10-7-15(21(16)30-23)18(26)8-5-14-6-9-20(29-4)17(13-14)25-22(24)27/h5-13H,1-4H3,(H3,24,25,27). The molecular formula is C23H24N2O5. The lowest BCUT2D eigenvalue weighted by atomic mass is 9.97. The number of carbonyl (C=O) groups is 2. The highest BCUT2D eigenvalue weighted by atomic mass is 16.5. The van der Waals surface area contributed by atoms with E-state index in [0.29, 0.717) is 34.1 Å². The van der Waals surface area contributed by atoms with Crippen molar-refractivity contribution >= 4 is 29.7 Å². The van der Waals surface area contributed by atoms with Crippen molar-refractivity contribution in [3.05, 3.63) is 59.2 Å². The highest BCUT2D eigenvalue weighted by molar-refractivity contribution is 6.09. The smallest absolute Gasteiger partial charge is 0.316 e. The second-order valence-corrected chi connectivity index (χ2v) is 7.24. The number of allylic oxidation sites excluding steroid dienone is 1. The van der Waals surface area contributed by atoms with Gasteiger partial charge in [-0.2, -0.15) is 0 Å². The number of urea groups is 1. The molecule has 2 amide bonds. The molecule has 1 heterocycles. The Balaban J connectivity index is 1.93. The molecule has 0 atom stereocenters. The van der Waals surface area contributed by atoms with Gasteiger partial charge in [0.2, 0.25) is 0 Å². The Hall–Kier alpha value is -3.74. The van der Waals surface area contributed by atoms with Crippen molar-refractivity contribution in [3.8, 4) is 17.2 Å². The number of rotatable bonds is 6. The van der Waals surface area contributed by atoms with Crippen molar-refractivity contribution in [3.63, 3.8) is 0 Å². The molecule has 7 heteroatoms. The summed E-state index contributed by atoms with van der Waals surface area (Å²) in [6.07, 6.45) is 6.93. The molecule has 0 aromatic heterocycles. The van der Waals surface area contributed by atoms with E-state index in [9.17, 15) is 9.59 Å². The summed E-state index contributed by atoms with van der Waals surface area (Å²) >= 11 is 0. The summed E-state index contributed by atoms with van der Waals surface area (Å²) < 4.78 is 16.7. The van der Waals surface area contributed by atoms with Crippen molar-refractivity contribution in [1.29, 1.82) is 0 Å². The first-order chi connectivity index (χ1) is 14.2. The van der Waals surface area contributed by atoms with Crippen LogP contribution in [0.1, 0.15) is 35.3 Å². The van der Waals surface area contributed by atoms with Crippen LogP contribution in [-0.4, -0.2) is 31.6 Å². The molecule has 0 bridgehead atoms. The zero-order valence-corrected chi connectivity index (χ0v) is 17.3. The summed E-state index contributed by atoms with van der Waals surface area (Å²) in [6.45, 7) is 3.83. The van der Waals surface area contributed by atoms with Gasteiger partial charge in [0.1, 0.15) is 22.8 Å². The Labute approximate surface area is 175 Å². The Bertz CT molecular complexity index is 1050. The fourth-order valence-electron chi connectivity index (χ4n) is 3.12. The topological polar surface area (TPSA) is 99.9 Å². The molecule has 0 spiro atoms. The molecule has 30 heavy (non-hydrogen) atoms. The molecule has 7 nitrogen and oxygen atoms in total. The first kappa shape index (κ1) is 21.0. The zero-order chi connectivity index (χ0) is 21.9. The zero-order valence-electron chi connectivity index (χ0n) is 17.3. The van der Waals surface area contributed by atoms with Gasteiger partial charge in [-0.25, -0.2) is 4.79 Å². The summed E-state index contributed by atoms with van der Waals surface area (Å²) in [4.78, 5) is 24.1. The van der Waals surface area contributed by atoms with Gasteiger partial charge in [0.25, 0.3) is 0 Å². The van der Waals surface area contributed by atoms with E-state index in [4.69, 9.17) is 19.9 Å². The Morgan fingerprint density at radius 1 is 1.10 bits per heavy atom. The molecule has 0 saturated carbocycles. The minimum absolute atomic E-state index is 0.222. The molecule has 3 rings (SSSR count). The van der Waals surface area contributed by atoms with E-state index < -0.39 is 11.6 Å². The van der Waals surface area contributed by atoms with Crippen molar-refractivity contribution in [2.45, 2.75) is 19.4 Å². The minimum Gasteiger partial charge on any atom is -0.496 e. The first-order valence-electron chi connectivity index (χ1n) is 9.30. The van der Waals surface area contributed by atoms with Gasteiger partial charge in [0, 0.05) is 0 Å². The number of carbonyl (C=O) groups excluding carboxylic acids is 2. The molecule has 156 valence electrons.